The molecule has 0 radical (unpaired) electrons. The summed E-state index contributed by atoms with van der Waals surface area (Å²) in [5, 5.41) is 0. The number of hydrogen-bond acceptors (Lipinski definition) is 5. The Labute approximate surface area is 105 Å². The Kier molecular flexibility index (Phi) is 6.42. The third-order valence-corrected chi connectivity index (χ3v) is 2.56. The predicted molar refractivity (Wildman–Crippen MR) is 59.0 cm³/mol. The van der Waals surface area contributed by atoms with Crippen LogP contribution in [0.15, 0.2) is 18.5 Å². The molecule has 0 saturated carbocycles. The minimum Gasteiger partial charge on any atom is -0.726 e. The Morgan fingerprint density at radius 2 is 1.78 bits per heavy atom. The molecule has 11 heteroatoms. The highest BCUT2D eigenvalue weighted by molar-refractivity contribution is 7.85. The first-order valence-electron chi connectivity index (χ1n) is 4.63. The lowest BCUT2D eigenvalue weighted by atomic mass is 10.5. The van der Waals surface area contributed by atoms with Crippen molar-refractivity contribution < 1.29 is 35.2 Å². The standard InChI is InChI=1S/C7H12N2O3S.H2O4S/c1-8-4-2-5-9(8)6-3-7-13(10,11)12;1-5(2,3)4/h2,4-5H,3,6-7H2,1H3;(H2,1,2,3,4). The Morgan fingerprint density at radius 1 is 1.28 bits per heavy atom. The largest absolute Gasteiger partial charge is 0.726 e. The summed E-state index contributed by atoms with van der Waals surface area (Å²) < 4.78 is 65.8. The van der Waals surface area contributed by atoms with Crippen LogP contribution in [-0.4, -0.2) is 40.9 Å². The number of aryl methyl sites for hydroxylation is 2. The molecule has 0 amide bonds. The van der Waals surface area contributed by atoms with Gasteiger partial charge in [-0.15, -0.1) is 4.68 Å². The average Bonchev–Trinajstić information content (AvgIpc) is 2.46. The smallest absolute Gasteiger partial charge is 0.264 e. The van der Waals surface area contributed by atoms with Crippen LogP contribution >= 0.6 is 0 Å². The van der Waals surface area contributed by atoms with Crippen molar-refractivity contribution in [3.05, 3.63) is 18.5 Å². The van der Waals surface area contributed by atoms with E-state index >= 15 is 0 Å². The first kappa shape index (κ1) is 17.0. The Morgan fingerprint density at radius 3 is 2.11 bits per heavy atom. The van der Waals surface area contributed by atoms with E-state index in [4.69, 9.17) is 22.1 Å². The molecule has 0 aromatic carbocycles. The quantitative estimate of drug-likeness (QED) is 0.395. The maximum atomic E-state index is 10.4. The molecule has 0 aliphatic rings. The summed E-state index contributed by atoms with van der Waals surface area (Å²) in [5.74, 6) is -0.189. The normalized spacial score (nSPS) is 11.8. The van der Waals surface area contributed by atoms with Gasteiger partial charge in [0.1, 0.15) is 0 Å². The number of rotatable bonds is 4. The molecule has 0 saturated heterocycles. The lowest BCUT2D eigenvalue weighted by Gasteiger charge is -1.98. The summed E-state index contributed by atoms with van der Waals surface area (Å²) >= 11 is 0. The fraction of sp³-hybridized carbons (Fsp3) is 0.571. The molecule has 1 rings (SSSR count). The Hall–Kier alpha value is -1.01. The van der Waals surface area contributed by atoms with Gasteiger partial charge in [0, 0.05) is 6.07 Å². The second kappa shape index (κ2) is 6.80. The second-order valence-electron chi connectivity index (χ2n) is 3.29. The molecule has 0 aliphatic carbocycles. The van der Waals surface area contributed by atoms with Gasteiger partial charge in [-0.2, -0.15) is 13.1 Å². The molecule has 0 atom stereocenters. The average molecular weight is 302 g/mol. The van der Waals surface area contributed by atoms with Gasteiger partial charge in [-0.05, 0) is 6.42 Å². The zero-order valence-electron chi connectivity index (χ0n) is 9.50. The van der Waals surface area contributed by atoms with Gasteiger partial charge in [-0.1, -0.05) is 0 Å². The third-order valence-electron chi connectivity index (χ3n) is 1.75. The molecule has 1 aromatic rings. The highest BCUT2D eigenvalue weighted by Gasteiger charge is 2.06. The summed E-state index contributed by atoms with van der Waals surface area (Å²) in [6.45, 7) is 0.587. The topological polar surface area (TPSA) is 141 Å². The SMILES string of the molecule is C[n+]1cccn1CCCS(=O)(=O)O.O=S(=O)([O-])O. The fourth-order valence-electron chi connectivity index (χ4n) is 1.09. The zero-order valence-corrected chi connectivity index (χ0v) is 11.1. The Balaban J connectivity index is 0.000000494. The summed E-state index contributed by atoms with van der Waals surface area (Å²) in [6.07, 6.45) is 4.14. The third kappa shape index (κ3) is 11.5. The van der Waals surface area contributed by atoms with Crippen LogP contribution in [0.25, 0.3) is 0 Å². The van der Waals surface area contributed by atoms with Gasteiger partial charge < -0.3 is 4.55 Å². The van der Waals surface area contributed by atoms with Crippen molar-refractivity contribution in [3.8, 4) is 0 Å². The van der Waals surface area contributed by atoms with Gasteiger partial charge in [0.2, 0.25) is 10.4 Å². The summed E-state index contributed by atoms with van der Waals surface area (Å²) in [5.41, 5.74) is 0. The first-order chi connectivity index (χ1) is 7.99. The maximum absolute atomic E-state index is 10.4. The Bertz CT molecular complexity index is 552. The van der Waals surface area contributed by atoms with Gasteiger partial charge in [0.15, 0.2) is 13.2 Å². The molecule has 106 valence electrons. The van der Waals surface area contributed by atoms with Gasteiger partial charge >= 0.3 is 0 Å². The molecule has 0 spiro atoms. The van der Waals surface area contributed by atoms with Crippen LogP contribution in [0.4, 0.5) is 0 Å². The number of aromatic nitrogens is 2. The molecule has 0 fully saturated rings. The van der Waals surface area contributed by atoms with E-state index in [-0.39, 0.29) is 5.75 Å². The predicted octanol–water partition coefficient (Wildman–Crippen LogP) is -1.40. The van der Waals surface area contributed by atoms with E-state index in [0.717, 1.165) is 0 Å². The van der Waals surface area contributed by atoms with Crippen LogP contribution in [0.3, 0.4) is 0 Å². The van der Waals surface area contributed by atoms with Crippen LogP contribution < -0.4 is 4.68 Å². The summed E-state index contributed by atoms with van der Waals surface area (Å²) in [7, 11) is -6.86. The summed E-state index contributed by atoms with van der Waals surface area (Å²) in [4.78, 5) is 0. The van der Waals surface area contributed by atoms with Crippen LogP contribution in [0.1, 0.15) is 6.42 Å². The minimum atomic E-state index is -4.92. The molecule has 1 heterocycles. The van der Waals surface area contributed by atoms with E-state index < -0.39 is 20.5 Å². The molecule has 0 bridgehead atoms. The molecule has 18 heavy (non-hydrogen) atoms. The van der Waals surface area contributed by atoms with E-state index in [1.807, 2.05) is 34.9 Å². The van der Waals surface area contributed by atoms with Crippen LogP contribution in [0.5, 0.6) is 0 Å². The molecule has 1 aromatic heterocycles. The molecular weight excluding hydrogens is 288 g/mol. The van der Waals surface area contributed by atoms with Crippen molar-refractivity contribution in [2.24, 2.45) is 7.05 Å². The van der Waals surface area contributed by atoms with E-state index in [0.29, 0.717) is 13.0 Å². The maximum Gasteiger partial charge on any atom is 0.264 e. The van der Waals surface area contributed by atoms with Crippen molar-refractivity contribution in [1.29, 1.82) is 0 Å². The molecule has 0 unspecified atom stereocenters. The van der Waals surface area contributed by atoms with Gasteiger partial charge in [-0.25, -0.2) is 8.42 Å². The lowest BCUT2D eigenvalue weighted by molar-refractivity contribution is -0.753. The molecule has 0 aliphatic heterocycles. The van der Waals surface area contributed by atoms with Crippen molar-refractivity contribution in [2.45, 2.75) is 13.0 Å². The molecular formula is C7H14N2O7S2. The van der Waals surface area contributed by atoms with Crippen molar-refractivity contribution in [3.63, 3.8) is 0 Å². The van der Waals surface area contributed by atoms with Gasteiger partial charge in [0.05, 0.1) is 18.5 Å². The van der Waals surface area contributed by atoms with E-state index in [9.17, 15) is 8.42 Å². The van der Waals surface area contributed by atoms with E-state index in [1.165, 1.54) is 0 Å². The first-order valence-corrected chi connectivity index (χ1v) is 7.61. The molecule has 9 nitrogen and oxygen atoms in total. The van der Waals surface area contributed by atoms with Crippen LogP contribution in [0, 0.1) is 0 Å². The highest BCUT2D eigenvalue weighted by Crippen LogP contribution is 1.91. The fourth-order valence-corrected chi connectivity index (χ4v) is 1.59. The van der Waals surface area contributed by atoms with Crippen LogP contribution in [0.2, 0.25) is 0 Å². The van der Waals surface area contributed by atoms with Crippen LogP contribution in [-0.2, 0) is 34.1 Å². The van der Waals surface area contributed by atoms with Crippen molar-refractivity contribution >= 4 is 20.5 Å². The summed E-state index contributed by atoms with van der Waals surface area (Å²) in [6, 6.07) is 1.87. The zero-order chi connectivity index (χ0) is 14.4. The number of nitrogens with zero attached hydrogens (tertiary/aromatic N) is 2. The number of hydrogen-bond donors (Lipinski definition) is 2. The van der Waals surface area contributed by atoms with E-state index in [2.05, 4.69) is 0 Å². The van der Waals surface area contributed by atoms with Gasteiger partial charge in [-0.3, -0.25) is 9.11 Å². The minimum absolute atomic E-state index is 0.189. The van der Waals surface area contributed by atoms with E-state index in [1.54, 1.807) is 0 Å². The lowest BCUT2D eigenvalue weighted by Crippen LogP contribution is -2.38. The molecule has 2 N–H and O–H groups in total. The van der Waals surface area contributed by atoms with Gasteiger partial charge in [0.25, 0.3) is 10.1 Å². The van der Waals surface area contributed by atoms with Crippen molar-refractivity contribution in [2.75, 3.05) is 5.75 Å². The highest BCUT2D eigenvalue weighted by atomic mass is 32.3. The monoisotopic (exact) mass is 302 g/mol. The second-order valence-corrected chi connectivity index (χ2v) is 5.72. The van der Waals surface area contributed by atoms with Crippen molar-refractivity contribution in [1.82, 2.24) is 4.68 Å².